The molecular weight excluding hydrogens is 292 g/mol. The summed E-state index contributed by atoms with van der Waals surface area (Å²) in [6.45, 7) is 5.87. The molecule has 110 valence electrons. The zero-order valence-corrected chi connectivity index (χ0v) is 13.8. The van der Waals surface area contributed by atoms with Crippen LogP contribution in [0, 0.1) is 11.3 Å². The van der Waals surface area contributed by atoms with Gasteiger partial charge in [-0.1, -0.05) is 0 Å². The van der Waals surface area contributed by atoms with Gasteiger partial charge >= 0.3 is 0 Å². The molecule has 20 heavy (non-hydrogen) atoms. The molecule has 0 saturated carbocycles. The van der Waals surface area contributed by atoms with Crippen LogP contribution in [0.3, 0.4) is 0 Å². The average molecular weight is 312 g/mol. The molecular formula is C14H20N2O2S2. The summed E-state index contributed by atoms with van der Waals surface area (Å²) in [5, 5.41) is 12.5. The van der Waals surface area contributed by atoms with Crippen molar-refractivity contribution >= 4 is 21.6 Å². The molecule has 4 nitrogen and oxygen atoms in total. The van der Waals surface area contributed by atoms with Gasteiger partial charge in [0.1, 0.15) is 5.54 Å². The summed E-state index contributed by atoms with van der Waals surface area (Å²) in [4.78, 5) is 1.26. The molecule has 0 saturated heterocycles. The van der Waals surface area contributed by atoms with Crippen molar-refractivity contribution in [3.05, 3.63) is 24.3 Å². The molecule has 1 rings (SSSR count). The summed E-state index contributed by atoms with van der Waals surface area (Å²) in [7, 11) is -3.16. The Labute approximate surface area is 125 Å². The Kier molecular flexibility index (Phi) is 5.63. The number of benzene rings is 1. The summed E-state index contributed by atoms with van der Waals surface area (Å²) in [5.41, 5.74) is -0.603. The molecule has 0 heterocycles. The zero-order chi connectivity index (χ0) is 15.4. The van der Waals surface area contributed by atoms with Crippen molar-refractivity contribution in [3.8, 4) is 6.07 Å². The molecule has 0 radical (unpaired) electrons. The largest absolute Gasteiger partial charge is 0.297 e. The van der Waals surface area contributed by atoms with Crippen molar-refractivity contribution in [2.75, 3.05) is 12.0 Å². The molecule has 1 N–H and O–H groups in total. The van der Waals surface area contributed by atoms with E-state index in [2.05, 4.69) is 11.4 Å². The van der Waals surface area contributed by atoms with Gasteiger partial charge in [-0.15, -0.1) is 11.8 Å². The van der Waals surface area contributed by atoms with E-state index in [0.717, 1.165) is 4.90 Å². The Balaban J connectivity index is 2.73. The Bertz CT molecular complexity index is 589. The van der Waals surface area contributed by atoms with E-state index in [9.17, 15) is 13.7 Å². The number of hydrogen-bond acceptors (Lipinski definition) is 5. The van der Waals surface area contributed by atoms with Gasteiger partial charge in [0, 0.05) is 22.9 Å². The minimum atomic E-state index is -3.16. The van der Waals surface area contributed by atoms with Crippen molar-refractivity contribution in [2.45, 2.75) is 42.1 Å². The fraction of sp³-hybridized carbons (Fsp3) is 0.500. The van der Waals surface area contributed by atoms with Crippen LogP contribution in [0.25, 0.3) is 0 Å². The van der Waals surface area contributed by atoms with Crippen LogP contribution in [-0.4, -0.2) is 32.0 Å². The highest BCUT2D eigenvalue weighted by Crippen LogP contribution is 2.24. The number of sulfone groups is 1. The van der Waals surface area contributed by atoms with Crippen LogP contribution in [0.15, 0.2) is 34.1 Å². The third-order valence-corrected chi connectivity index (χ3v) is 5.09. The Morgan fingerprint density at radius 3 is 2.30 bits per heavy atom. The number of hydrogen-bond donors (Lipinski definition) is 1. The summed E-state index contributed by atoms with van der Waals surface area (Å²) >= 11 is 1.53. The molecule has 1 unspecified atom stereocenters. The standard InChI is InChI=1S/C14H20N2O2S2/c1-11(2)16-14(3,9-15)10-19-12-5-7-13(8-6-12)20(4,17)18/h5-8,11,16H,10H2,1-4H3. The van der Waals surface area contributed by atoms with E-state index in [4.69, 9.17) is 0 Å². The van der Waals surface area contributed by atoms with Crippen LogP contribution in [0.5, 0.6) is 0 Å². The molecule has 0 bridgehead atoms. The molecule has 0 aromatic heterocycles. The molecule has 1 atom stereocenters. The van der Waals surface area contributed by atoms with Crippen LogP contribution in [-0.2, 0) is 9.84 Å². The third-order valence-electron chi connectivity index (χ3n) is 2.63. The lowest BCUT2D eigenvalue weighted by atomic mass is 10.1. The van der Waals surface area contributed by atoms with Gasteiger partial charge in [-0.25, -0.2) is 8.42 Å². The van der Waals surface area contributed by atoms with E-state index in [-0.39, 0.29) is 6.04 Å². The molecule has 0 aliphatic rings. The van der Waals surface area contributed by atoms with Crippen molar-refractivity contribution in [1.29, 1.82) is 5.26 Å². The quantitative estimate of drug-likeness (QED) is 0.817. The van der Waals surface area contributed by atoms with Crippen LogP contribution in [0.4, 0.5) is 0 Å². The molecule has 0 fully saturated rings. The minimum absolute atomic E-state index is 0.230. The fourth-order valence-electron chi connectivity index (χ4n) is 1.75. The van der Waals surface area contributed by atoms with E-state index in [1.54, 1.807) is 24.3 Å². The molecule has 0 aliphatic heterocycles. The van der Waals surface area contributed by atoms with E-state index >= 15 is 0 Å². The molecule has 1 aromatic rings. The highest BCUT2D eigenvalue weighted by Gasteiger charge is 2.24. The summed E-state index contributed by atoms with van der Waals surface area (Å²) < 4.78 is 22.7. The third kappa shape index (κ3) is 5.16. The van der Waals surface area contributed by atoms with Gasteiger partial charge in [-0.05, 0) is 45.0 Å². The minimum Gasteiger partial charge on any atom is -0.297 e. The molecule has 6 heteroatoms. The van der Waals surface area contributed by atoms with E-state index in [1.807, 2.05) is 20.8 Å². The lowest BCUT2D eigenvalue weighted by Crippen LogP contribution is -2.47. The smallest absolute Gasteiger partial charge is 0.175 e. The van der Waals surface area contributed by atoms with E-state index in [0.29, 0.717) is 10.6 Å². The first kappa shape index (κ1) is 17.0. The second kappa shape index (κ2) is 6.61. The average Bonchev–Trinajstić information content (AvgIpc) is 2.35. The molecule has 0 aliphatic carbocycles. The zero-order valence-electron chi connectivity index (χ0n) is 12.2. The normalized spacial score (nSPS) is 14.8. The Morgan fingerprint density at radius 2 is 1.90 bits per heavy atom. The first-order chi connectivity index (χ1) is 9.16. The molecule has 1 aromatic carbocycles. The maximum Gasteiger partial charge on any atom is 0.175 e. The topological polar surface area (TPSA) is 70.0 Å². The Morgan fingerprint density at radius 1 is 1.35 bits per heavy atom. The lowest BCUT2D eigenvalue weighted by molar-refractivity contribution is 0.443. The van der Waals surface area contributed by atoms with Crippen molar-refractivity contribution in [1.82, 2.24) is 5.32 Å². The fourth-order valence-corrected chi connectivity index (χ4v) is 3.32. The van der Waals surface area contributed by atoms with Gasteiger partial charge in [-0.3, -0.25) is 5.32 Å². The second-order valence-electron chi connectivity index (χ2n) is 5.28. The first-order valence-corrected chi connectivity index (χ1v) is 9.16. The Hall–Kier alpha value is -1.03. The van der Waals surface area contributed by atoms with Crippen LogP contribution < -0.4 is 5.32 Å². The summed E-state index contributed by atoms with van der Waals surface area (Å²) in [6.07, 6.45) is 1.19. The maximum absolute atomic E-state index is 11.4. The van der Waals surface area contributed by atoms with Crippen molar-refractivity contribution in [2.24, 2.45) is 0 Å². The predicted molar refractivity (Wildman–Crippen MR) is 82.6 cm³/mol. The lowest BCUT2D eigenvalue weighted by Gasteiger charge is -2.25. The highest BCUT2D eigenvalue weighted by atomic mass is 32.2. The van der Waals surface area contributed by atoms with Gasteiger partial charge in [0.2, 0.25) is 0 Å². The van der Waals surface area contributed by atoms with Crippen LogP contribution in [0.1, 0.15) is 20.8 Å². The SMILES string of the molecule is CC(C)NC(C)(C#N)CSc1ccc(S(C)(=O)=O)cc1. The van der Waals surface area contributed by atoms with E-state index in [1.165, 1.54) is 18.0 Å². The van der Waals surface area contributed by atoms with Gasteiger partial charge in [0.25, 0.3) is 0 Å². The number of rotatable bonds is 6. The summed E-state index contributed by atoms with van der Waals surface area (Å²) in [6, 6.07) is 9.25. The van der Waals surface area contributed by atoms with Crippen molar-refractivity contribution in [3.63, 3.8) is 0 Å². The monoisotopic (exact) mass is 312 g/mol. The molecule has 0 amide bonds. The van der Waals surface area contributed by atoms with Crippen LogP contribution in [0.2, 0.25) is 0 Å². The number of nitrogens with one attached hydrogen (secondary N) is 1. The van der Waals surface area contributed by atoms with Gasteiger partial charge < -0.3 is 0 Å². The number of thioether (sulfide) groups is 1. The number of nitrogens with zero attached hydrogens (tertiary/aromatic N) is 1. The van der Waals surface area contributed by atoms with Gasteiger partial charge in [0.05, 0.1) is 11.0 Å². The second-order valence-corrected chi connectivity index (χ2v) is 8.34. The predicted octanol–water partition coefficient (Wildman–Crippen LogP) is 2.46. The van der Waals surface area contributed by atoms with Gasteiger partial charge in [0.15, 0.2) is 9.84 Å². The van der Waals surface area contributed by atoms with E-state index < -0.39 is 15.4 Å². The maximum atomic E-state index is 11.4. The highest BCUT2D eigenvalue weighted by molar-refractivity contribution is 7.99. The number of nitriles is 1. The van der Waals surface area contributed by atoms with Crippen LogP contribution >= 0.6 is 11.8 Å². The van der Waals surface area contributed by atoms with Crippen molar-refractivity contribution < 1.29 is 8.42 Å². The first-order valence-electron chi connectivity index (χ1n) is 6.28. The molecule has 0 spiro atoms. The summed E-state index contributed by atoms with van der Waals surface area (Å²) in [5.74, 6) is 0.597. The van der Waals surface area contributed by atoms with Gasteiger partial charge in [-0.2, -0.15) is 5.26 Å².